The first-order valence-corrected chi connectivity index (χ1v) is 8.28. The van der Waals surface area contributed by atoms with Crippen LogP contribution in [-0.4, -0.2) is 30.6 Å². The van der Waals surface area contributed by atoms with Gasteiger partial charge in [0.1, 0.15) is 0 Å². The maximum atomic E-state index is 3.75. The smallest absolute Gasteiger partial charge is 0.0346 e. The topological polar surface area (TPSA) is 15.3 Å². The summed E-state index contributed by atoms with van der Waals surface area (Å²) in [4.78, 5) is 2.70. The molecule has 1 N–H and O–H groups in total. The molecule has 3 unspecified atom stereocenters. The third-order valence-electron chi connectivity index (χ3n) is 4.80. The van der Waals surface area contributed by atoms with Gasteiger partial charge in [-0.2, -0.15) is 0 Å². The Morgan fingerprint density at radius 3 is 2.60 bits per heavy atom. The second-order valence-electron chi connectivity index (χ2n) is 6.13. The number of hydrogen-bond donors (Lipinski definition) is 1. The molecule has 1 aliphatic rings. The third-order valence-corrected chi connectivity index (χ3v) is 4.80. The van der Waals surface area contributed by atoms with Crippen molar-refractivity contribution in [1.29, 1.82) is 0 Å². The molecular weight excluding hydrogens is 244 g/mol. The fraction of sp³-hybridized carbons (Fsp3) is 0.667. The maximum absolute atomic E-state index is 3.75. The average Bonchev–Trinajstić information content (AvgIpc) is 2.74. The van der Waals surface area contributed by atoms with Gasteiger partial charge in [-0.1, -0.05) is 57.5 Å². The van der Waals surface area contributed by atoms with Crippen molar-refractivity contribution in [2.24, 2.45) is 5.92 Å². The van der Waals surface area contributed by atoms with Crippen LogP contribution < -0.4 is 5.32 Å². The minimum atomic E-state index is 0.572. The highest BCUT2D eigenvalue weighted by Crippen LogP contribution is 2.26. The number of nitrogens with zero attached hydrogens (tertiary/aromatic N) is 1. The lowest BCUT2D eigenvalue weighted by Crippen LogP contribution is -2.43. The van der Waals surface area contributed by atoms with E-state index < -0.39 is 0 Å². The molecule has 112 valence electrons. The molecule has 1 saturated heterocycles. The lowest BCUT2D eigenvalue weighted by molar-refractivity contribution is 0.173. The molecule has 1 aromatic carbocycles. The summed E-state index contributed by atoms with van der Waals surface area (Å²) in [7, 11) is 0. The predicted octanol–water partition coefficient (Wildman–Crippen LogP) is 3.85. The van der Waals surface area contributed by atoms with Crippen LogP contribution in [0.2, 0.25) is 0 Å². The second kappa shape index (κ2) is 7.80. The largest absolute Gasteiger partial charge is 0.312 e. The SMILES string of the molecule is CCC(C)C1CN(C(CC)c2ccccc2)CCCN1. The van der Waals surface area contributed by atoms with Crippen molar-refractivity contribution >= 4 is 0 Å². The van der Waals surface area contributed by atoms with Crippen LogP contribution in [0.4, 0.5) is 0 Å². The summed E-state index contributed by atoms with van der Waals surface area (Å²) >= 11 is 0. The molecule has 0 bridgehead atoms. The van der Waals surface area contributed by atoms with E-state index in [2.05, 4.69) is 61.3 Å². The van der Waals surface area contributed by atoms with Gasteiger partial charge in [0.25, 0.3) is 0 Å². The van der Waals surface area contributed by atoms with E-state index in [0.717, 1.165) is 12.5 Å². The normalized spacial score (nSPS) is 24.1. The van der Waals surface area contributed by atoms with Gasteiger partial charge < -0.3 is 5.32 Å². The van der Waals surface area contributed by atoms with Gasteiger partial charge in [0, 0.05) is 25.2 Å². The molecule has 3 atom stereocenters. The van der Waals surface area contributed by atoms with Crippen LogP contribution >= 0.6 is 0 Å². The van der Waals surface area contributed by atoms with Crippen molar-refractivity contribution in [3.05, 3.63) is 35.9 Å². The lowest BCUT2D eigenvalue weighted by atomic mass is 9.97. The summed E-state index contributed by atoms with van der Waals surface area (Å²) in [5, 5.41) is 3.75. The zero-order chi connectivity index (χ0) is 14.4. The van der Waals surface area contributed by atoms with Gasteiger partial charge in [0.05, 0.1) is 0 Å². The van der Waals surface area contributed by atoms with Gasteiger partial charge in [0.2, 0.25) is 0 Å². The molecular formula is C18H30N2. The summed E-state index contributed by atoms with van der Waals surface area (Å²) < 4.78 is 0. The molecule has 2 heteroatoms. The Morgan fingerprint density at radius 2 is 1.95 bits per heavy atom. The quantitative estimate of drug-likeness (QED) is 0.877. The Balaban J connectivity index is 2.11. The lowest BCUT2D eigenvalue weighted by Gasteiger charge is -2.34. The Bertz CT molecular complexity index is 376. The van der Waals surface area contributed by atoms with Gasteiger partial charge in [-0.15, -0.1) is 0 Å². The highest BCUT2D eigenvalue weighted by molar-refractivity contribution is 5.19. The molecule has 1 fully saturated rings. The van der Waals surface area contributed by atoms with Crippen molar-refractivity contribution in [2.45, 2.75) is 52.1 Å². The highest BCUT2D eigenvalue weighted by atomic mass is 15.2. The van der Waals surface area contributed by atoms with Crippen LogP contribution in [0.1, 0.15) is 51.6 Å². The van der Waals surface area contributed by atoms with Crippen molar-refractivity contribution in [3.63, 3.8) is 0 Å². The minimum absolute atomic E-state index is 0.572. The van der Waals surface area contributed by atoms with Gasteiger partial charge in [-0.3, -0.25) is 4.90 Å². The molecule has 2 rings (SSSR count). The number of benzene rings is 1. The van der Waals surface area contributed by atoms with E-state index >= 15 is 0 Å². The summed E-state index contributed by atoms with van der Waals surface area (Å²) in [5.74, 6) is 0.754. The van der Waals surface area contributed by atoms with E-state index in [9.17, 15) is 0 Å². The van der Waals surface area contributed by atoms with Crippen molar-refractivity contribution in [1.82, 2.24) is 10.2 Å². The van der Waals surface area contributed by atoms with Crippen molar-refractivity contribution in [3.8, 4) is 0 Å². The molecule has 1 aliphatic heterocycles. The van der Waals surface area contributed by atoms with Crippen molar-refractivity contribution in [2.75, 3.05) is 19.6 Å². The van der Waals surface area contributed by atoms with Gasteiger partial charge in [-0.05, 0) is 30.9 Å². The number of nitrogens with one attached hydrogen (secondary N) is 1. The first-order chi connectivity index (χ1) is 9.76. The summed E-state index contributed by atoms with van der Waals surface area (Å²) in [6.45, 7) is 10.6. The Morgan fingerprint density at radius 1 is 1.20 bits per heavy atom. The van der Waals surface area contributed by atoms with E-state index in [4.69, 9.17) is 0 Å². The summed E-state index contributed by atoms with van der Waals surface area (Å²) in [5.41, 5.74) is 1.47. The fourth-order valence-electron chi connectivity index (χ4n) is 3.31. The van der Waals surface area contributed by atoms with Crippen molar-refractivity contribution < 1.29 is 0 Å². The standard InChI is InChI=1S/C18H30N2/c1-4-15(3)17-14-20(13-9-12-19-17)18(5-2)16-10-7-6-8-11-16/h6-8,10-11,15,17-19H,4-5,9,12-14H2,1-3H3. The minimum Gasteiger partial charge on any atom is -0.312 e. The third kappa shape index (κ3) is 3.83. The van der Waals surface area contributed by atoms with E-state index in [1.807, 2.05) is 0 Å². The van der Waals surface area contributed by atoms with Crippen LogP contribution in [0, 0.1) is 5.92 Å². The van der Waals surface area contributed by atoms with Crippen LogP contribution in [0.15, 0.2) is 30.3 Å². The van der Waals surface area contributed by atoms with Crippen LogP contribution in [0.3, 0.4) is 0 Å². The van der Waals surface area contributed by atoms with Gasteiger partial charge >= 0.3 is 0 Å². The Hall–Kier alpha value is -0.860. The molecule has 0 saturated carbocycles. The molecule has 0 amide bonds. The average molecular weight is 274 g/mol. The summed E-state index contributed by atoms with van der Waals surface area (Å²) in [6.07, 6.45) is 3.71. The van der Waals surface area contributed by atoms with Crippen LogP contribution in [-0.2, 0) is 0 Å². The zero-order valence-electron chi connectivity index (χ0n) is 13.3. The fourth-order valence-corrected chi connectivity index (χ4v) is 3.31. The van der Waals surface area contributed by atoms with E-state index in [1.54, 1.807) is 0 Å². The molecule has 20 heavy (non-hydrogen) atoms. The molecule has 0 aliphatic carbocycles. The number of rotatable bonds is 5. The Labute approximate surface area is 124 Å². The van der Waals surface area contributed by atoms with Crippen LogP contribution in [0.5, 0.6) is 0 Å². The summed E-state index contributed by atoms with van der Waals surface area (Å²) in [6, 6.07) is 12.2. The molecule has 0 aromatic heterocycles. The second-order valence-corrected chi connectivity index (χ2v) is 6.13. The highest BCUT2D eigenvalue weighted by Gasteiger charge is 2.26. The van der Waals surface area contributed by atoms with E-state index in [1.165, 1.54) is 37.9 Å². The predicted molar refractivity (Wildman–Crippen MR) is 86.9 cm³/mol. The Kier molecular flexibility index (Phi) is 6.06. The molecule has 1 aromatic rings. The first-order valence-electron chi connectivity index (χ1n) is 8.28. The molecule has 0 radical (unpaired) electrons. The van der Waals surface area contributed by atoms with E-state index in [0.29, 0.717) is 12.1 Å². The molecule has 0 spiro atoms. The van der Waals surface area contributed by atoms with Gasteiger partial charge in [-0.25, -0.2) is 0 Å². The van der Waals surface area contributed by atoms with E-state index in [-0.39, 0.29) is 0 Å². The van der Waals surface area contributed by atoms with Gasteiger partial charge in [0.15, 0.2) is 0 Å². The number of hydrogen-bond acceptors (Lipinski definition) is 2. The first kappa shape index (κ1) is 15.5. The molecule has 1 heterocycles. The zero-order valence-corrected chi connectivity index (χ0v) is 13.3. The maximum Gasteiger partial charge on any atom is 0.0346 e. The monoisotopic (exact) mass is 274 g/mol. The van der Waals surface area contributed by atoms with Crippen LogP contribution in [0.25, 0.3) is 0 Å². The molecule has 2 nitrogen and oxygen atoms in total.